The smallest absolute Gasteiger partial charge is 0.323 e. The highest BCUT2D eigenvalue weighted by atomic mass is 32.1. The molecule has 18 heavy (non-hydrogen) atoms. The second-order valence-corrected chi connectivity index (χ2v) is 5.59. The summed E-state index contributed by atoms with van der Waals surface area (Å²) in [6.07, 6.45) is 0.934. The number of hydrogen-bond acceptors (Lipinski definition) is 5. The molecule has 2 rings (SSSR count). The molecular weight excluding hydrogens is 250 g/mol. The first-order valence-corrected chi connectivity index (χ1v) is 7.08. The van der Waals surface area contributed by atoms with Gasteiger partial charge in [-0.1, -0.05) is 0 Å². The van der Waals surface area contributed by atoms with E-state index in [9.17, 15) is 9.90 Å². The number of aliphatic hydroxyl groups is 1. The Morgan fingerprint density at radius 3 is 3.11 bits per heavy atom. The van der Waals surface area contributed by atoms with Gasteiger partial charge in [-0.05, 0) is 35.7 Å². The average Bonchev–Trinajstić information content (AvgIpc) is 2.97. The fraction of sp³-hybridized carbons (Fsp3) is 0.615. The van der Waals surface area contributed by atoms with E-state index in [0.717, 1.165) is 6.42 Å². The maximum absolute atomic E-state index is 11.7. The third-order valence-corrected chi connectivity index (χ3v) is 4.20. The summed E-state index contributed by atoms with van der Waals surface area (Å²) in [6.45, 7) is 2.64. The number of hydrogen-bond donors (Lipinski definition) is 1. The summed E-state index contributed by atoms with van der Waals surface area (Å²) in [7, 11) is 1.40. The summed E-state index contributed by atoms with van der Waals surface area (Å²) in [6, 6.07) is 2.01. The first kappa shape index (κ1) is 13.5. The van der Waals surface area contributed by atoms with E-state index in [0.29, 0.717) is 13.0 Å². The molecule has 100 valence electrons. The Kier molecular flexibility index (Phi) is 4.37. The van der Waals surface area contributed by atoms with E-state index in [-0.39, 0.29) is 18.1 Å². The van der Waals surface area contributed by atoms with Gasteiger partial charge in [0.25, 0.3) is 0 Å². The largest absolute Gasteiger partial charge is 0.468 e. The van der Waals surface area contributed by atoms with Gasteiger partial charge in [0.1, 0.15) is 6.04 Å². The van der Waals surface area contributed by atoms with Gasteiger partial charge in [0.05, 0.1) is 13.2 Å². The second kappa shape index (κ2) is 5.82. The third-order valence-electron chi connectivity index (χ3n) is 3.47. The Balaban J connectivity index is 2.03. The van der Waals surface area contributed by atoms with Crippen molar-refractivity contribution in [2.45, 2.75) is 38.0 Å². The number of nitrogens with zero attached hydrogens (tertiary/aromatic N) is 1. The quantitative estimate of drug-likeness (QED) is 0.837. The summed E-state index contributed by atoms with van der Waals surface area (Å²) in [5.74, 6) is -0.247. The Morgan fingerprint density at radius 2 is 2.50 bits per heavy atom. The number of ether oxygens (including phenoxy) is 1. The second-order valence-electron chi connectivity index (χ2n) is 4.81. The van der Waals surface area contributed by atoms with Gasteiger partial charge < -0.3 is 9.84 Å². The predicted octanol–water partition coefficient (Wildman–Crippen LogP) is 1.29. The van der Waals surface area contributed by atoms with Crippen LogP contribution in [0.1, 0.15) is 18.9 Å². The van der Waals surface area contributed by atoms with Crippen molar-refractivity contribution in [3.05, 3.63) is 22.4 Å². The van der Waals surface area contributed by atoms with Crippen LogP contribution < -0.4 is 0 Å². The van der Waals surface area contributed by atoms with E-state index < -0.39 is 6.10 Å². The molecular formula is C13H19NO3S. The number of likely N-dealkylation sites (tertiary alicyclic amines) is 1. The first-order chi connectivity index (χ1) is 8.61. The minimum Gasteiger partial charge on any atom is -0.468 e. The molecule has 1 fully saturated rings. The topological polar surface area (TPSA) is 49.8 Å². The van der Waals surface area contributed by atoms with Gasteiger partial charge in [-0.25, -0.2) is 0 Å². The summed E-state index contributed by atoms with van der Waals surface area (Å²) < 4.78 is 4.81. The molecule has 1 aromatic rings. The molecule has 5 heteroatoms. The molecule has 0 spiro atoms. The van der Waals surface area contributed by atoms with Crippen LogP contribution in [0.15, 0.2) is 16.8 Å². The normalized spacial score (nSPS) is 26.2. The van der Waals surface area contributed by atoms with Crippen LogP contribution >= 0.6 is 11.3 Å². The third kappa shape index (κ3) is 2.91. The van der Waals surface area contributed by atoms with E-state index in [2.05, 4.69) is 23.8 Å². The fourth-order valence-corrected chi connectivity index (χ4v) is 3.24. The lowest BCUT2D eigenvalue weighted by Crippen LogP contribution is -2.43. The Hall–Kier alpha value is -0.910. The van der Waals surface area contributed by atoms with Gasteiger partial charge in [0, 0.05) is 19.0 Å². The zero-order chi connectivity index (χ0) is 13.1. The highest BCUT2D eigenvalue weighted by Gasteiger charge is 2.39. The summed E-state index contributed by atoms with van der Waals surface area (Å²) in [5, 5.41) is 13.9. The molecule has 0 radical (unpaired) electrons. The molecule has 0 saturated carbocycles. The minimum atomic E-state index is -0.431. The van der Waals surface area contributed by atoms with Crippen molar-refractivity contribution in [1.29, 1.82) is 0 Å². The first-order valence-electron chi connectivity index (χ1n) is 6.14. The van der Waals surface area contributed by atoms with Crippen molar-refractivity contribution >= 4 is 17.3 Å². The van der Waals surface area contributed by atoms with Gasteiger partial charge in [-0.3, -0.25) is 9.69 Å². The van der Waals surface area contributed by atoms with Crippen LogP contribution in [0.4, 0.5) is 0 Å². The summed E-state index contributed by atoms with van der Waals surface area (Å²) in [5.41, 5.74) is 1.28. The molecule has 2 heterocycles. The summed E-state index contributed by atoms with van der Waals surface area (Å²) in [4.78, 5) is 13.8. The molecule has 0 bridgehead atoms. The van der Waals surface area contributed by atoms with E-state index >= 15 is 0 Å². The molecule has 1 unspecified atom stereocenters. The molecule has 0 aromatic carbocycles. The van der Waals surface area contributed by atoms with Crippen molar-refractivity contribution in [3.63, 3.8) is 0 Å². The standard InChI is InChI=1S/C13H19NO3S/c1-9(5-10-3-4-18-8-10)14-7-11(15)6-12(14)13(16)17-2/h3-4,8-9,11-12,15H,5-7H2,1-2H3/t9?,11-,12+/m1/s1. The van der Waals surface area contributed by atoms with Crippen molar-refractivity contribution in [2.24, 2.45) is 0 Å². The Morgan fingerprint density at radius 1 is 1.72 bits per heavy atom. The number of thiophene rings is 1. The zero-order valence-corrected chi connectivity index (χ0v) is 11.5. The van der Waals surface area contributed by atoms with Crippen LogP contribution in [-0.2, 0) is 16.0 Å². The van der Waals surface area contributed by atoms with Crippen molar-refractivity contribution < 1.29 is 14.6 Å². The molecule has 4 nitrogen and oxygen atoms in total. The number of β-amino-alcohol motifs (C(OH)–C–C–N with tert-alkyl or cyclic N) is 1. The zero-order valence-electron chi connectivity index (χ0n) is 10.7. The van der Waals surface area contributed by atoms with Gasteiger partial charge in [-0.15, -0.1) is 0 Å². The molecule has 1 saturated heterocycles. The monoisotopic (exact) mass is 269 g/mol. The van der Waals surface area contributed by atoms with E-state index in [1.807, 2.05) is 4.90 Å². The molecule has 0 amide bonds. The molecule has 1 aromatic heterocycles. The lowest BCUT2D eigenvalue weighted by molar-refractivity contribution is -0.146. The average molecular weight is 269 g/mol. The fourth-order valence-electron chi connectivity index (χ4n) is 2.56. The van der Waals surface area contributed by atoms with Crippen molar-refractivity contribution in [1.82, 2.24) is 4.90 Å². The van der Waals surface area contributed by atoms with Gasteiger partial charge in [0.2, 0.25) is 0 Å². The molecule has 1 aliphatic heterocycles. The number of methoxy groups -OCH3 is 1. The van der Waals surface area contributed by atoms with E-state index in [1.54, 1.807) is 11.3 Å². The molecule has 0 aliphatic carbocycles. The molecule has 1 N–H and O–H groups in total. The van der Waals surface area contributed by atoms with Crippen LogP contribution in [0.25, 0.3) is 0 Å². The lowest BCUT2D eigenvalue weighted by atomic mass is 10.1. The highest BCUT2D eigenvalue weighted by molar-refractivity contribution is 7.07. The molecule has 3 atom stereocenters. The van der Waals surface area contributed by atoms with Gasteiger partial charge >= 0.3 is 5.97 Å². The summed E-state index contributed by atoms with van der Waals surface area (Å²) >= 11 is 1.68. The number of carbonyl (C=O) groups is 1. The minimum absolute atomic E-state index is 0.223. The molecule has 1 aliphatic rings. The Bertz CT molecular complexity index is 393. The Labute approximate surface area is 111 Å². The predicted molar refractivity (Wildman–Crippen MR) is 70.6 cm³/mol. The van der Waals surface area contributed by atoms with Crippen LogP contribution in [0.5, 0.6) is 0 Å². The number of esters is 1. The van der Waals surface area contributed by atoms with Gasteiger partial charge in [-0.2, -0.15) is 11.3 Å². The van der Waals surface area contributed by atoms with Crippen LogP contribution in [0.2, 0.25) is 0 Å². The van der Waals surface area contributed by atoms with E-state index in [4.69, 9.17) is 4.74 Å². The van der Waals surface area contributed by atoms with Crippen LogP contribution in [0, 0.1) is 0 Å². The highest BCUT2D eigenvalue weighted by Crippen LogP contribution is 2.23. The lowest BCUT2D eigenvalue weighted by Gasteiger charge is -2.28. The van der Waals surface area contributed by atoms with Crippen molar-refractivity contribution in [3.8, 4) is 0 Å². The van der Waals surface area contributed by atoms with Crippen LogP contribution in [-0.4, -0.2) is 47.8 Å². The number of rotatable bonds is 4. The van der Waals surface area contributed by atoms with E-state index in [1.165, 1.54) is 12.7 Å². The maximum Gasteiger partial charge on any atom is 0.323 e. The SMILES string of the molecule is COC(=O)[C@@H]1C[C@@H](O)CN1C(C)Cc1ccsc1. The maximum atomic E-state index is 11.7. The van der Waals surface area contributed by atoms with Gasteiger partial charge in [0.15, 0.2) is 0 Å². The number of carbonyl (C=O) groups excluding carboxylic acids is 1. The van der Waals surface area contributed by atoms with Crippen LogP contribution in [0.3, 0.4) is 0 Å². The van der Waals surface area contributed by atoms with Crippen molar-refractivity contribution in [2.75, 3.05) is 13.7 Å². The number of aliphatic hydroxyl groups excluding tert-OH is 1.